The Labute approximate surface area is 244 Å². The molecule has 3 aliphatic rings. The summed E-state index contributed by atoms with van der Waals surface area (Å²) in [6.45, 7) is -0.190. The lowest BCUT2D eigenvalue weighted by atomic mass is 9.93. The first-order chi connectivity index (χ1) is 19.9. The molecule has 202 valence electrons. The van der Waals surface area contributed by atoms with Gasteiger partial charge in [0.25, 0.3) is 5.91 Å². The molecule has 2 heterocycles. The van der Waals surface area contributed by atoms with E-state index in [1.807, 2.05) is 36.4 Å². The third kappa shape index (κ3) is 5.38. The lowest BCUT2D eigenvalue weighted by Crippen LogP contribution is -2.20. The quantitative estimate of drug-likeness (QED) is 0.320. The zero-order chi connectivity index (χ0) is 28.5. The molecule has 0 unspecified atom stereocenters. The molecule has 9 nitrogen and oxygen atoms in total. The molecule has 3 aromatic carbocycles. The first-order valence-electron chi connectivity index (χ1n) is 12.5. The SMILES string of the molecule is O=C1CN=C(c2ccccc2Cl)C2=C/C(=N\N(O)c3ccc4c(c3)C(c3ccccc3Cl)=NCC(=O)N4)C=CC2=N1. The summed E-state index contributed by atoms with van der Waals surface area (Å²) >= 11 is 12.9. The van der Waals surface area contributed by atoms with Crippen LogP contribution in [0.15, 0.2) is 111 Å². The first-order valence-corrected chi connectivity index (χ1v) is 13.3. The van der Waals surface area contributed by atoms with Crippen LogP contribution in [0.5, 0.6) is 0 Å². The van der Waals surface area contributed by atoms with Crippen molar-refractivity contribution in [3.8, 4) is 0 Å². The van der Waals surface area contributed by atoms with Gasteiger partial charge in [-0.05, 0) is 48.6 Å². The maximum absolute atomic E-state index is 12.3. The van der Waals surface area contributed by atoms with Crippen LogP contribution in [-0.2, 0) is 9.59 Å². The fraction of sp³-hybridized carbons (Fsp3) is 0.0667. The van der Waals surface area contributed by atoms with Crippen LogP contribution in [0.3, 0.4) is 0 Å². The van der Waals surface area contributed by atoms with Gasteiger partial charge in [-0.1, -0.05) is 59.6 Å². The summed E-state index contributed by atoms with van der Waals surface area (Å²) in [5.74, 6) is -0.647. The highest BCUT2D eigenvalue weighted by atomic mass is 35.5. The number of anilines is 2. The minimum Gasteiger partial charge on any atom is -0.324 e. The molecule has 3 aromatic rings. The van der Waals surface area contributed by atoms with Crippen molar-refractivity contribution in [2.75, 3.05) is 23.6 Å². The molecule has 2 aliphatic heterocycles. The number of halogens is 2. The van der Waals surface area contributed by atoms with E-state index in [2.05, 4.69) is 25.4 Å². The highest BCUT2D eigenvalue weighted by Crippen LogP contribution is 2.30. The van der Waals surface area contributed by atoms with E-state index in [0.29, 0.717) is 66.5 Å². The molecular weight excluding hydrogens is 563 g/mol. The van der Waals surface area contributed by atoms with Crippen molar-refractivity contribution in [3.63, 3.8) is 0 Å². The Bertz CT molecular complexity index is 1810. The second-order valence-corrected chi connectivity index (χ2v) is 9.98. The van der Waals surface area contributed by atoms with Gasteiger partial charge in [0.05, 0.1) is 34.2 Å². The predicted molar refractivity (Wildman–Crippen MR) is 161 cm³/mol. The number of fused-ring (bicyclic) bond motifs is 2. The summed E-state index contributed by atoms with van der Waals surface area (Å²) in [5, 5.41) is 19.9. The van der Waals surface area contributed by atoms with E-state index >= 15 is 0 Å². The number of allylic oxidation sites excluding steroid dienone is 4. The molecule has 1 aliphatic carbocycles. The van der Waals surface area contributed by atoms with Crippen LogP contribution in [0.25, 0.3) is 0 Å². The van der Waals surface area contributed by atoms with Gasteiger partial charge in [0.1, 0.15) is 13.1 Å². The van der Waals surface area contributed by atoms with E-state index < -0.39 is 0 Å². The van der Waals surface area contributed by atoms with E-state index in [1.54, 1.807) is 48.6 Å². The van der Waals surface area contributed by atoms with Gasteiger partial charge in [-0.25, -0.2) is 4.99 Å². The Morgan fingerprint density at radius 3 is 2.24 bits per heavy atom. The van der Waals surface area contributed by atoms with Crippen molar-refractivity contribution < 1.29 is 14.8 Å². The van der Waals surface area contributed by atoms with E-state index in [4.69, 9.17) is 23.2 Å². The number of nitrogens with zero attached hydrogens (tertiary/aromatic N) is 5. The highest BCUT2D eigenvalue weighted by Gasteiger charge is 2.25. The summed E-state index contributed by atoms with van der Waals surface area (Å²) in [6.07, 6.45) is 4.96. The number of aliphatic imine (C=N–C) groups is 3. The van der Waals surface area contributed by atoms with Gasteiger partial charge in [0, 0.05) is 32.3 Å². The van der Waals surface area contributed by atoms with E-state index in [9.17, 15) is 14.8 Å². The number of amides is 2. The van der Waals surface area contributed by atoms with Crippen molar-refractivity contribution >= 4 is 69.2 Å². The summed E-state index contributed by atoms with van der Waals surface area (Å²) < 4.78 is 0. The van der Waals surface area contributed by atoms with Gasteiger partial charge in [-0.15, -0.1) is 10.3 Å². The average molecular weight is 583 g/mol. The maximum Gasteiger partial charge on any atom is 0.267 e. The van der Waals surface area contributed by atoms with Gasteiger partial charge in [0.2, 0.25) is 5.91 Å². The summed E-state index contributed by atoms with van der Waals surface area (Å²) in [7, 11) is 0. The largest absolute Gasteiger partial charge is 0.324 e. The standard InChI is InChI=1S/C30H20Cl2N6O3/c31-23-7-3-1-5-19(23)29-21-13-17(9-11-25(21)35-27(39)15-33-29)37-38(41)18-10-12-26-22(14-18)30(34-16-28(40)36-26)20-6-2-4-8-24(20)32/h1-14,41H,15-16H2,(H,36,40)/b37-17-. The summed E-state index contributed by atoms with van der Waals surface area (Å²) in [6, 6.07) is 19.4. The van der Waals surface area contributed by atoms with Gasteiger partial charge in [-0.2, -0.15) is 0 Å². The number of hydrogen-bond acceptors (Lipinski definition) is 7. The molecule has 2 amide bonds. The topological polar surface area (TPSA) is 119 Å². The number of benzodiazepines with no additional fused rings is 1. The molecule has 41 heavy (non-hydrogen) atoms. The minimum absolute atomic E-state index is 0.0736. The van der Waals surface area contributed by atoms with Gasteiger partial charge in [-0.3, -0.25) is 24.8 Å². The highest BCUT2D eigenvalue weighted by molar-refractivity contribution is 6.43. The Balaban J connectivity index is 1.39. The molecule has 0 bridgehead atoms. The molecule has 11 heteroatoms. The lowest BCUT2D eigenvalue weighted by Gasteiger charge is -2.18. The third-order valence-corrected chi connectivity index (χ3v) is 7.12. The number of hydrogen-bond donors (Lipinski definition) is 2. The van der Waals surface area contributed by atoms with Crippen LogP contribution in [0.1, 0.15) is 16.7 Å². The van der Waals surface area contributed by atoms with Crippen molar-refractivity contribution in [3.05, 3.63) is 117 Å². The Morgan fingerprint density at radius 1 is 0.829 bits per heavy atom. The number of rotatable bonds is 4. The molecule has 0 atom stereocenters. The van der Waals surface area contributed by atoms with Gasteiger partial charge in [0.15, 0.2) is 0 Å². The van der Waals surface area contributed by atoms with E-state index in [0.717, 1.165) is 5.17 Å². The van der Waals surface area contributed by atoms with Gasteiger partial charge < -0.3 is 5.32 Å². The maximum atomic E-state index is 12.3. The van der Waals surface area contributed by atoms with E-state index in [-0.39, 0.29) is 24.9 Å². The molecule has 6 rings (SSSR count). The Kier molecular flexibility index (Phi) is 7.15. The number of carbonyl (C=O) groups is 2. The fourth-order valence-electron chi connectivity index (χ4n) is 4.60. The van der Waals surface area contributed by atoms with Crippen LogP contribution in [-0.4, -0.2) is 53.0 Å². The Morgan fingerprint density at radius 2 is 1.51 bits per heavy atom. The number of carbonyl (C=O) groups excluding carboxylic acids is 2. The Hall–Kier alpha value is -4.70. The van der Waals surface area contributed by atoms with Crippen LogP contribution >= 0.6 is 23.2 Å². The normalized spacial score (nSPS) is 17.3. The van der Waals surface area contributed by atoms with Crippen molar-refractivity contribution in [2.45, 2.75) is 0 Å². The molecule has 0 radical (unpaired) electrons. The number of nitrogens with one attached hydrogen (secondary N) is 1. The zero-order valence-corrected chi connectivity index (χ0v) is 22.8. The summed E-state index contributed by atoms with van der Waals surface area (Å²) in [5.41, 5.74) is 5.08. The first kappa shape index (κ1) is 26.5. The molecule has 0 aromatic heterocycles. The van der Waals surface area contributed by atoms with Crippen molar-refractivity contribution in [1.82, 2.24) is 0 Å². The van der Waals surface area contributed by atoms with Crippen molar-refractivity contribution in [1.29, 1.82) is 0 Å². The molecule has 0 saturated carbocycles. The van der Waals surface area contributed by atoms with Crippen LogP contribution in [0, 0.1) is 0 Å². The van der Waals surface area contributed by atoms with E-state index in [1.165, 1.54) is 0 Å². The molecule has 0 fully saturated rings. The second kappa shape index (κ2) is 11.1. The second-order valence-electron chi connectivity index (χ2n) is 9.16. The van der Waals surface area contributed by atoms with Crippen LogP contribution < -0.4 is 10.5 Å². The minimum atomic E-state index is -0.380. The molecular formula is C30H20Cl2N6O3. The van der Waals surface area contributed by atoms with Crippen molar-refractivity contribution in [2.24, 2.45) is 20.1 Å². The predicted octanol–water partition coefficient (Wildman–Crippen LogP) is 5.30. The molecule has 2 N–H and O–H groups in total. The smallest absolute Gasteiger partial charge is 0.267 e. The third-order valence-electron chi connectivity index (χ3n) is 6.47. The molecule has 0 spiro atoms. The summed E-state index contributed by atoms with van der Waals surface area (Å²) in [4.78, 5) is 37.7. The zero-order valence-electron chi connectivity index (χ0n) is 21.3. The lowest BCUT2D eigenvalue weighted by molar-refractivity contribution is -0.116. The number of hydrazone groups is 1. The fourth-order valence-corrected chi connectivity index (χ4v) is 5.05. The van der Waals surface area contributed by atoms with Gasteiger partial charge >= 0.3 is 0 Å². The molecule has 0 saturated heterocycles. The number of benzene rings is 3. The van der Waals surface area contributed by atoms with Crippen LogP contribution in [0.4, 0.5) is 11.4 Å². The average Bonchev–Trinajstić information content (AvgIpc) is 3.23. The monoisotopic (exact) mass is 582 g/mol. The van der Waals surface area contributed by atoms with Crippen LogP contribution in [0.2, 0.25) is 10.0 Å².